The van der Waals surface area contributed by atoms with Gasteiger partial charge in [-0.1, -0.05) is 32.9 Å². The molecule has 0 aliphatic carbocycles. The molecule has 1 amide bonds. The number of hydrogen-bond donors (Lipinski definition) is 1. The van der Waals surface area contributed by atoms with Crippen molar-refractivity contribution >= 4 is 17.3 Å². The van der Waals surface area contributed by atoms with E-state index in [1.54, 1.807) is 0 Å². The molecule has 3 heteroatoms. The minimum atomic E-state index is -0.0637. The zero-order valence-electron chi connectivity index (χ0n) is 15.5. The van der Waals surface area contributed by atoms with E-state index in [-0.39, 0.29) is 11.3 Å². The highest BCUT2D eigenvalue weighted by Crippen LogP contribution is 2.24. The molecule has 1 saturated heterocycles. The van der Waals surface area contributed by atoms with Crippen LogP contribution in [0.3, 0.4) is 0 Å². The number of hydrogen-bond acceptors (Lipinski definition) is 2. The molecule has 2 aromatic carbocycles. The van der Waals surface area contributed by atoms with Gasteiger partial charge in [0.05, 0.1) is 0 Å². The van der Waals surface area contributed by atoms with Crippen LogP contribution in [-0.4, -0.2) is 19.0 Å². The Morgan fingerprint density at radius 2 is 1.48 bits per heavy atom. The Morgan fingerprint density at radius 3 is 2.04 bits per heavy atom. The summed E-state index contributed by atoms with van der Waals surface area (Å²) < 4.78 is 0. The van der Waals surface area contributed by atoms with Crippen molar-refractivity contribution < 1.29 is 4.79 Å². The van der Waals surface area contributed by atoms with Crippen LogP contribution in [0.25, 0.3) is 0 Å². The standard InChI is InChI=1S/C22H28N2O/c1-22(2,3)18-9-7-17(8-10-18)21(25)23-19-11-13-20(14-12-19)24-15-5-4-6-16-24/h7-14H,4-6,15-16H2,1-3H3,(H,23,25). The fraction of sp³-hybridized carbons (Fsp3) is 0.409. The quantitative estimate of drug-likeness (QED) is 0.832. The topological polar surface area (TPSA) is 32.3 Å². The van der Waals surface area contributed by atoms with Crippen molar-refractivity contribution in [1.29, 1.82) is 0 Å². The van der Waals surface area contributed by atoms with E-state index in [9.17, 15) is 4.79 Å². The van der Waals surface area contributed by atoms with Crippen molar-refractivity contribution in [3.05, 3.63) is 59.7 Å². The van der Waals surface area contributed by atoms with E-state index in [1.165, 1.54) is 30.5 Å². The first-order valence-electron chi connectivity index (χ1n) is 9.20. The van der Waals surface area contributed by atoms with Crippen LogP contribution < -0.4 is 10.2 Å². The van der Waals surface area contributed by atoms with Crippen LogP contribution in [0.4, 0.5) is 11.4 Å². The van der Waals surface area contributed by atoms with E-state index in [1.807, 2.05) is 36.4 Å². The third kappa shape index (κ3) is 4.41. The van der Waals surface area contributed by atoms with Crippen LogP contribution in [0.15, 0.2) is 48.5 Å². The van der Waals surface area contributed by atoms with Gasteiger partial charge in [-0.3, -0.25) is 4.79 Å². The maximum Gasteiger partial charge on any atom is 0.255 e. The van der Waals surface area contributed by atoms with Gasteiger partial charge in [-0.25, -0.2) is 0 Å². The summed E-state index contributed by atoms with van der Waals surface area (Å²) in [5.41, 5.74) is 4.10. The third-order valence-corrected chi connectivity index (χ3v) is 4.86. The fourth-order valence-electron chi connectivity index (χ4n) is 3.23. The van der Waals surface area contributed by atoms with Gasteiger partial charge in [0, 0.05) is 30.0 Å². The lowest BCUT2D eigenvalue weighted by Gasteiger charge is -2.28. The van der Waals surface area contributed by atoms with E-state index in [2.05, 4.69) is 43.1 Å². The van der Waals surface area contributed by atoms with Crippen molar-refractivity contribution in [3.8, 4) is 0 Å². The average Bonchev–Trinajstić information content (AvgIpc) is 2.62. The second kappa shape index (κ2) is 7.30. The summed E-state index contributed by atoms with van der Waals surface area (Å²) in [5, 5.41) is 2.99. The van der Waals surface area contributed by atoms with E-state index in [0.717, 1.165) is 18.8 Å². The minimum absolute atomic E-state index is 0.0637. The molecule has 0 saturated carbocycles. The van der Waals surface area contributed by atoms with Crippen LogP contribution in [-0.2, 0) is 5.41 Å². The molecule has 0 unspecified atom stereocenters. The van der Waals surface area contributed by atoms with Crippen LogP contribution >= 0.6 is 0 Å². The number of piperidine rings is 1. The summed E-state index contributed by atoms with van der Waals surface area (Å²) in [7, 11) is 0. The number of carbonyl (C=O) groups excluding carboxylic acids is 1. The highest BCUT2D eigenvalue weighted by Gasteiger charge is 2.15. The molecule has 132 valence electrons. The Balaban J connectivity index is 1.64. The van der Waals surface area contributed by atoms with Crippen LogP contribution in [0.2, 0.25) is 0 Å². The predicted octanol–water partition coefficient (Wildman–Crippen LogP) is 5.23. The maximum atomic E-state index is 12.4. The second-order valence-electron chi connectivity index (χ2n) is 7.88. The van der Waals surface area contributed by atoms with Gasteiger partial charge in [-0.05, 0) is 66.6 Å². The number of rotatable bonds is 3. The summed E-state index contributed by atoms with van der Waals surface area (Å²) in [6, 6.07) is 16.1. The van der Waals surface area contributed by atoms with Crippen LogP contribution in [0.5, 0.6) is 0 Å². The van der Waals surface area contributed by atoms with Crippen molar-refractivity contribution in [1.82, 2.24) is 0 Å². The first-order valence-corrected chi connectivity index (χ1v) is 9.20. The van der Waals surface area contributed by atoms with Gasteiger partial charge < -0.3 is 10.2 Å². The zero-order chi connectivity index (χ0) is 17.9. The molecule has 3 rings (SSSR count). The molecule has 0 spiro atoms. The van der Waals surface area contributed by atoms with E-state index in [4.69, 9.17) is 0 Å². The van der Waals surface area contributed by atoms with Crippen LogP contribution in [0.1, 0.15) is 56.0 Å². The lowest BCUT2D eigenvalue weighted by atomic mass is 9.87. The normalized spacial score (nSPS) is 15.1. The van der Waals surface area contributed by atoms with Gasteiger partial charge in [0.1, 0.15) is 0 Å². The van der Waals surface area contributed by atoms with Gasteiger partial charge in [-0.2, -0.15) is 0 Å². The molecule has 2 aromatic rings. The Kier molecular flexibility index (Phi) is 5.12. The van der Waals surface area contributed by atoms with Gasteiger partial charge in [-0.15, -0.1) is 0 Å². The molecule has 1 aliphatic rings. The highest BCUT2D eigenvalue weighted by atomic mass is 16.1. The molecule has 1 heterocycles. The SMILES string of the molecule is CC(C)(C)c1ccc(C(=O)Nc2ccc(N3CCCCC3)cc2)cc1. The van der Waals surface area contributed by atoms with Gasteiger partial charge in [0.15, 0.2) is 0 Å². The molecule has 3 nitrogen and oxygen atoms in total. The highest BCUT2D eigenvalue weighted by molar-refractivity contribution is 6.04. The van der Waals surface area contributed by atoms with E-state index < -0.39 is 0 Å². The summed E-state index contributed by atoms with van der Waals surface area (Å²) in [5.74, 6) is -0.0637. The lowest BCUT2D eigenvalue weighted by Crippen LogP contribution is -2.29. The first-order chi connectivity index (χ1) is 11.9. The summed E-state index contributed by atoms with van der Waals surface area (Å²) in [4.78, 5) is 14.9. The second-order valence-corrected chi connectivity index (χ2v) is 7.88. The van der Waals surface area contributed by atoms with Gasteiger partial charge in [0.2, 0.25) is 0 Å². The number of amides is 1. The molecule has 0 atom stereocenters. The summed E-state index contributed by atoms with van der Waals surface area (Å²) >= 11 is 0. The Labute approximate surface area is 151 Å². The number of anilines is 2. The summed E-state index contributed by atoms with van der Waals surface area (Å²) in [6.07, 6.45) is 3.87. The average molecular weight is 336 g/mol. The Morgan fingerprint density at radius 1 is 0.880 bits per heavy atom. The number of nitrogens with one attached hydrogen (secondary N) is 1. The smallest absolute Gasteiger partial charge is 0.255 e. The molecule has 25 heavy (non-hydrogen) atoms. The zero-order valence-corrected chi connectivity index (χ0v) is 15.5. The maximum absolute atomic E-state index is 12.4. The largest absolute Gasteiger partial charge is 0.372 e. The first kappa shape index (κ1) is 17.5. The van der Waals surface area contributed by atoms with Gasteiger partial charge >= 0.3 is 0 Å². The number of carbonyl (C=O) groups is 1. The van der Waals surface area contributed by atoms with Crippen molar-refractivity contribution in [2.45, 2.75) is 45.4 Å². The molecule has 1 fully saturated rings. The molecule has 1 aliphatic heterocycles. The molecule has 1 N–H and O–H groups in total. The van der Waals surface area contributed by atoms with Gasteiger partial charge in [0.25, 0.3) is 5.91 Å². The molecular formula is C22H28N2O. The van der Waals surface area contributed by atoms with Crippen molar-refractivity contribution in [2.75, 3.05) is 23.3 Å². The molecule has 0 bridgehead atoms. The van der Waals surface area contributed by atoms with E-state index >= 15 is 0 Å². The monoisotopic (exact) mass is 336 g/mol. The molecule has 0 aromatic heterocycles. The van der Waals surface area contributed by atoms with E-state index in [0.29, 0.717) is 5.56 Å². The van der Waals surface area contributed by atoms with Crippen molar-refractivity contribution in [3.63, 3.8) is 0 Å². The molecule has 0 radical (unpaired) electrons. The number of nitrogens with zero attached hydrogens (tertiary/aromatic N) is 1. The summed E-state index contributed by atoms with van der Waals surface area (Å²) in [6.45, 7) is 8.78. The minimum Gasteiger partial charge on any atom is -0.372 e. The predicted molar refractivity (Wildman–Crippen MR) is 106 cm³/mol. The fourth-order valence-corrected chi connectivity index (χ4v) is 3.23. The number of benzene rings is 2. The van der Waals surface area contributed by atoms with Crippen molar-refractivity contribution in [2.24, 2.45) is 0 Å². The van der Waals surface area contributed by atoms with Crippen LogP contribution in [0, 0.1) is 0 Å². The molecular weight excluding hydrogens is 308 g/mol. The Bertz CT molecular complexity index is 705. The Hall–Kier alpha value is -2.29. The third-order valence-electron chi connectivity index (χ3n) is 4.86. The lowest BCUT2D eigenvalue weighted by molar-refractivity contribution is 0.102.